The van der Waals surface area contributed by atoms with Crippen LogP contribution in [0.15, 0.2) is 24.3 Å². The third-order valence-corrected chi connectivity index (χ3v) is 6.36. The first-order valence-corrected chi connectivity index (χ1v) is 11.7. The summed E-state index contributed by atoms with van der Waals surface area (Å²) in [6.45, 7) is -0.721. The van der Waals surface area contributed by atoms with Gasteiger partial charge in [-0.05, 0) is 24.0 Å². The van der Waals surface area contributed by atoms with Crippen LogP contribution in [0.1, 0.15) is 19.3 Å². The van der Waals surface area contributed by atoms with Crippen molar-refractivity contribution < 1.29 is 49.0 Å². The van der Waals surface area contributed by atoms with Crippen molar-refractivity contribution in [2.45, 2.75) is 36.6 Å². The van der Waals surface area contributed by atoms with Crippen LogP contribution in [-0.2, 0) is 28.8 Å². The molecule has 1 aliphatic heterocycles. The molecule has 0 aliphatic carbocycles. The van der Waals surface area contributed by atoms with Crippen molar-refractivity contribution in [3.05, 3.63) is 24.3 Å². The predicted molar refractivity (Wildman–Crippen MR) is 127 cm³/mol. The van der Waals surface area contributed by atoms with Crippen molar-refractivity contribution in [3.8, 4) is 0 Å². The lowest BCUT2D eigenvalue weighted by Crippen LogP contribution is -2.50. The number of rotatable bonds is 13. The smallest absolute Gasteiger partial charge is 0.480 e. The molecular weight excluding hydrogens is 499 g/mol. The second-order valence-electron chi connectivity index (χ2n) is 7.78. The summed E-state index contributed by atoms with van der Waals surface area (Å²) in [6, 6.07) is 2.99. The highest BCUT2D eigenvalue weighted by Crippen LogP contribution is 2.29. The van der Waals surface area contributed by atoms with Crippen LogP contribution in [0.4, 0.5) is 5.69 Å². The normalized spacial score (nSPS) is 16.9. The molecule has 2 rings (SSSR count). The fourth-order valence-corrected chi connectivity index (χ4v) is 4.36. The Kier molecular flexibility index (Phi) is 10.4. The molecule has 0 aromatic heterocycles. The van der Waals surface area contributed by atoms with Gasteiger partial charge in [0, 0.05) is 18.6 Å². The number of nitrogens with one attached hydrogen (secondary N) is 2. The number of thioether (sulfide) groups is 1. The molecule has 36 heavy (non-hydrogen) atoms. The number of anilines is 1. The zero-order valence-corrected chi connectivity index (χ0v) is 19.6. The number of carboxylic acid groups (broad SMARTS) is 2. The molecule has 1 aromatic rings. The fourth-order valence-electron chi connectivity index (χ4n) is 3.19. The summed E-state index contributed by atoms with van der Waals surface area (Å²) in [5.74, 6) is -5.55. The maximum absolute atomic E-state index is 12.9. The maximum Gasteiger partial charge on any atom is 0.488 e. The summed E-state index contributed by atoms with van der Waals surface area (Å²) in [6.07, 6.45) is -0.743. The van der Waals surface area contributed by atoms with Crippen LogP contribution in [0.25, 0.3) is 0 Å². The molecule has 1 aromatic carbocycles. The average Bonchev–Trinajstić information content (AvgIpc) is 3.11. The Hall–Kier alpha value is -3.47. The topological polar surface area (TPSA) is 237 Å². The number of nitrogens with zero attached hydrogens (tertiary/aromatic N) is 1. The van der Waals surface area contributed by atoms with Gasteiger partial charge in [0.15, 0.2) is 0 Å². The van der Waals surface area contributed by atoms with E-state index in [-0.39, 0.29) is 36.2 Å². The number of carboxylic acids is 2. The van der Waals surface area contributed by atoms with Crippen LogP contribution in [0.5, 0.6) is 0 Å². The zero-order chi connectivity index (χ0) is 27.0. The third-order valence-electron chi connectivity index (χ3n) is 5.06. The van der Waals surface area contributed by atoms with Gasteiger partial charge in [-0.1, -0.05) is 12.1 Å². The van der Waals surface area contributed by atoms with Crippen molar-refractivity contribution in [2.75, 3.05) is 17.2 Å². The van der Waals surface area contributed by atoms with Gasteiger partial charge in [0.2, 0.25) is 23.6 Å². The van der Waals surface area contributed by atoms with E-state index < -0.39 is 66.6 Å². The number of amides is 4. The standard InChI is InChI=1S/C20H25BN4O10S/c22-12(20(32)33)4-5-15(26)24-13(18(30)23-8-17(28)29)9-36-14-7-16(27)25(19(14)31)11-3-1-2-10(6-11)21(34)35/h1-3,6,12-14,34-35H,4-5,7-9,22H2,(H,23,30)(H,24,26)(H,28,29)(H,32,33). The largest absolute Gasteiger partial charge is 0.488 e. The van der Waals surface area contributed by atoms with Gasteiger partial charge in [-0.15, -0.1) is 11.8 Å². The van der Waals surface area contributed by atoms with E-state index >= 15 is 0 Å². The lowest BCUT2D eigenvalue weighted by atomic mass is 9.80. The van der Waals surface area contributed by atoms with Crippen LogP contribution < -0.4 is 26.7 Å². The average molecular weight is 524 g/mol. The highest BCUT2D eigenvalue weighted by Gasteiger charge is 2.40. The number of nitrogens with two attached hydrogens (primary N) is 1. The quantitative estimate of drug-likeness (QED) is 0.0988. The van der Waals surface area contributed by atoms with Crippen molar-refractivity contribution >= 4 is 65.6 Å². The summed E-state index contributed by atoms with van der Waals surface area (Å²) in [7, 11) is -1.80. The van der Waals surface area contributed by atoms with E-state index in [0.717, 1.165) is 16.7 Å². The predicted octanol–water partition coefficient (Wildman–Crippen LogP) is -3.39. The molecule has 3 atom stereocenters. The molecule has 8 N–H and O–H groups in total. The van der Waals surface area contributed by atoms with Crippen molar-refractivity contribution in [1.29, 1.82) is 0 Å². The monoisotopic (exact) mass is 524 g/mol. The molecular formula is C20H25BN4O10S. The first-order chi connectivity index (χ1) is 16.9. The van der Waals surface area contributed by atoms with Crippen molar-refractivity contribution in [2.24, 2.45) is 5.73 Å². The molecule has 0 saturated carbocycles. The van der Waals surface area contributed by atoms with E-state index in [2.05, 4.69) is 10.6 Å². The van der Waals surface area contributed by atoms with Gasteiger partial charge in [-0.25, -0.2) is 4.90 Å². The number of carbonyl (C=O) groups excluding carboxylic acids is 4. The summed E-state index contributed by atoms with van der Waals surface area (Å²) in [4.78, 5) is 72.5. The van der Waals surface area contributed by atoms with E-state index in [0.29, 0.717) is 0 Å². The Bertz CT molecular complexity index is 1040. The molecule has 0 radical (unpaired) electrons. The Morgan fingerprint density at radius 3 is 2.50 bits per heavy atom. The number of hydrogen-bond acceptors (Lipinski definition) is 10. The lowest BCUT2D eigenvalue weighted by molar-refractivity contribution is -0.139. The molecule has 16 heteroatoms. The second kappa shape index (κ2) is 13.0. The molecule has 4 amide bonds. The SMILES string of the molecule is NC(CCC(=O)NC(CSC1CC(=O)N(c2cccc(B(O)O)c2)C1=O)C(=O)NCC(=O)O)C(=O)O. The number of carbonyl (C=O) groups is 6. The van der Waals surface area contributed by atoms with E-state index in [1.807, 2.05) is 0 Å². The minimum absolute atomic E-state index is 0.0738. The van der Waals surface area contributed by atoms with Gasteiger partial charge in [-0.3, -0.25) is 28.8 Å². The summed E-state index contributed by atoms with van der Waals surface area (Å²) < 4.78 is 0. The summed E-state index contributed by atoms with van der Waals surface area (Å²) in [5, 5.41) is 39.8. The second-order valence-corrected chi connectivity index (χ2v) is 9.01. The highest BCUT2D eigenvalue weighted by molar-refractivity contribution is 8.00. The Morgan fingerprint density at radius 1 is 1.19 bits per heavy atom. The number of aliphatic carboxylic acids is 2. The highest BCUT2D eigenvalue weighted by atomic mass is 32.2. The van der Waals surface area contributed by atoms with Gasteiger partial charge < -0.3 is 36.6 Å². The fraction of sp³-hybridized carbons (Fsp3) is 0.400. The third kappa shape index (κ3) is 8.05. The van der Waals surface area contributed by atoms with Gasteiger partial charge in [0.05, 0.1) is 10.9 Å². The van der Waals surface area contributed by atoms with Crippen LogP contribution in [0.2, 0.25) is 0 Å². The van der Waals surface area contributed by atoms with Crippen LogP contribution in [0, 0.1) is 0 Å². The number of hydrogen-bond donors (Lipinski definition) is 7. The molecule has 0 bridgehead atoms. The lowest BCUT2D eigenvalue weighted by Gasteiger charge is -2.20. The molecule has 1 aliphatic rings. The molecule has 1 heterocycles. The number of imide groups is 1. The molecule has 14 nitrogen and oxygen atoms in total. The molecule has 3 unspecified atom stereocenters. The van der Waals surface area contributed by atoms with E-state index in [1.54, 1.807) is 0 Å². The first kappa shape index (κ1) is 28.8. The van der Waals surface area contributed by atoms with Crippen LogP contribution >= 0.6 is 11.8 Å². The molecule has 1 fully saturated rings. The van der Waals surface area contributed by atoms with E-state index in [1.165, 1.54) is 24.3 Å². The van der Waals surface area contributed by atoms with Gasteiger partial charge in [-0.2, -0.15) is 0 Å². The van der Waals surface area contributed by atoms with Gasteiger partial charge in [0.1, 0.15) is 18.6 Å². The molecule has 0 spiro atoms. The number of benzene rings is 1. The zero-order valence-electron chi connectivity index (χ0n) is 18.8. The van der Waals surface area contributed by atoms with Crippen LogP contribution in [0.3, 0.4) is 0 Å². The first-order valence-electron chi connectivity index (χ1n) is 10.6. The minimum atomic E-state index is -1.80. The van der Waals surface area contributed by atoms with E-state index in [4.69, 9.17) is 15.9 Å². The van der Waals surface area contributed by atoms with Gasteiger partial charge in [0.25, 0.3) is 0 Å². The van der Waals surface area contributed by atoms with Crippen molar-refractivity contribution in [3.63, 3.8) is 0 Å². The summed E-state index contributed by atoms with van der Waals surface area (Å²) >= 11 is 0.894. The minimum Gasteiger partial charge on any atom is -0.480 e. The van der Waals surface area contributed by atoms with Gasteiger partial charge >= 0.3 is 19.1 Å². The maximum atomic E-state index is 12.9. The summed E-state index contributed by atoms with van der Waals surface area (Å²) in [5.41, 5.74) is 5.57. The Morgan fingerprint density at radius 2 is 1.89 bits per heavy atom. The molecule has 194 valence electrons. The Labute approximate surface area is 209 Å². The molecule has 1 saturated heterocycles. The van der Waals surface area contributed by atoms with E-state index in [9.17, 15) is 38.8 Å². The van der Waals surface area contributed by atoms with Crippen LogP contribution in [-0.4, -0.2) is 92.6 Å². The van der Waals surface area contributed by atoms with Crippen molar-refractivity contribution in [1.82, 2.24) is 10.6 Å². The Balaban J connectivity index is 2.07.